The molecule has 3 aromatic rings. The van der Waals surface area contributed by atoms with E-state index in [1.807, 2.05) is 37.6 Å². The van der Waals surface area contributed by atoms with Crippen LogP contribution in [0.4, 0.5) is 0 Å². The van der Waals surface area contributed by atoms with Gasteiger partial charge in [0.1, 0.15) is 11.5 Å². The van der Waals surface area contributed by atoms with Gasteiger partial charge in [-0.05, 0) is 68.7 Å². The van der Waals surface area contributed by atoms with Crippen molar-refractivity contribution >= 4 is 17.4 Å². The molecule has 2 heterocycles. The monoisotopic (exact) mass is 533 g/mol. The Labute approximate surface area is 228 Å². The number of Topliss-reactive ketones (excluding diaryl/α,β-unsaturated/α-hetero) is 1. The van der Waals surface area contributed by atoms with E-state index in [1.165, 1.54) is 4.90 Å². The number of aryl methyl sites for hydroxylation is 1. The molecule has 1 aromatic heterocycles. The van der Waals surface area contributed by atoms with Crippen LogP contribution in [-0.4, -0.2) is 57.6 Å². The molecule has 1 saturated heterocycles. The fourth-order valence-electron chi connectivity index (χ4n) is 4.63. The molecule has 9 nitrogen and oxygen atoms in total. The van der Waals surface area contributed by atoms with E-state index < -0.39 is 17.7 Å². The zero-order valence-corrected chi connectivity index (χ0v) is 22.6. The van der Waals surface area contributed by atoms with Crippen LogP contribution in [0.2, 0.25) is 0 Å². The third-order valence-electron chi connectivity index (χ3n) is 6.40. The van der Waals surface area contributed by atoms with Crippen molar-refractivity contribution in [2.24, 2.45) is 0 Å². The highest BCUT2D eigenvalue weighted by Crippen LogP contribution is 2.42. The number of likely N-dealkylation sites (tertiary alicyclic amines) is 1. The molecule has 0 saturated carbocycles. The highest BCUT2D eigenvalue weighted by Gasteiger charge is 2.46. The molecular formula is C30H35N3O6. The zero-order valence-electron chi connectivity index (χ0n) is 22.6. The van der Waals surface area contributed by atoms with Crippen molar-refractivity contribution in [2.75, 3.05) is 26.4 Å². The van der Waals surface area contributed by atoms with Gasteiger partial charge in [0.25, 0.3) is 11.7 Å². The zero-order chi connectivity index (χ0) is 27.8. The van der Waals surface area contributed by atoms with Gasteiger partial charge in [-0.2, -0.15) is 0 Å². The second kappa shape index (κ2) is 13.0. The predicted octanol–water partition coefficient (Wildman–Crippen LogP) is 4.98. The number of carbonyl (C=O) groups excluding carboxylic acids is 2. The summed E-state index contributed by atoms with van der Waals surface area (Å²) in [4.78, 5) is 32.3. The predicted molar refractivity (Wildman–Crippen MR) is 147 cm³/mol. The Morgan fingerprint density at radius 2 is 1.72 bits per heavy atom. The second-order valence-electron chi connectivity index (χ2n) is 9.09. The SMILES string of the molecule is CCCOc1ccc(C2C(=C(O)c3ccc(OCC)cc3)C(=O)C(=O)N2CCCn2ccnc2)cc1OCC. The van der Waals surface area contributed by atoms with Crippen LogP contribution < -0.4 is 14.2 Å². The van der Waals surface area contributed by atoms with Crippen molar-refractivity contribution in [2.45, 2.75) is 46.2 Å². The summed E-state index contributed by atoms with van der Waals surface area (Å²) in [5.74, 6) is 0.151. The molecule has 4 rings (SSSR count). The Balaban J connectivity index is 1.75. The number of ether oxygens (including phenoxy) is 3. The molecule has 2 aromatic carbocycles. The van der Waals surface area contributed by atoms with Crippen LogP contribution in [0.3, 0.4) is 0 Å². The maximum Gasteiger partial charge on any atom is 0.295 e. The minimum Gasteiger partial charge on any atom is -0.507 e. The highest BCUT2D eigenvalue weighted by atomic mass is 16.5. The van der Waals surface area contributed by atoms with Gasteiger partial charge in [0, 0.05) is 31.0 Å². The summed E-state index contributed by atoms with van der Waals surface area (Å²) in [6.45, 7) is 8.19. The van der Waals surface area contributed by atoms with Crippen LogP contribution in [0.5, 0.6) is 17.2 Å². The van der Waals surface area contributed by atoms with E-state index in [1.54, 1.807) is 48.9 Å². The van der Waals surface area contributed by atoms with Crippen molar-refractivity contribution in [3.05, 3.63) is 77.9 Å². The summed E-state index contributed by atoms with van der Waals surface area (Å²) in [5.41, 5.74) is 1.11. The number of nitrogens with zero attached hydrogens (tertiary/aromatic N) is 3. The third-order valence-corrected chi connectivity index (χ3v) is 6.40. The normalized spacial score (nSPS) is 16.5. The largest absolute Gasteiger partial charge is 0.507 e. The fraction of sp³-hybridized carbons (Fsp3) is 0.367. The number of aliphatic hydroxyl groups excluding tert-OH is 1. The summed E-state index contributed by atoms with van der Waals surface area (Å²) in [5, 5.41) is 11.4. The number of amides is 1. The second-order valence-corrected chi connectivity index (χ2v) is 9.09. The van der Waals surface area contributed by atoms with Crippen molar-refractivity contribution in [3.63, 3.8) is 0 Å². The van der Waals surface area contributed by atoms with E-state index in [-0.39, 0.29) is 11.3 Å². The number of rotatable bonds is 13. The molecule has 206 valence electrons. The van der Waals surface area contributed by atoms with Gasteiger partial charge in [-0.1, -0.05) is 13.0 Å². The van der Waals surface area contributed by atoms with E-state index in [4.69, 9.17) is 14.2 Å². The van der Waals surface area contributed by atoms with Gasteiger partial charge in [0.05, 0.1) is 37.8 Å². The van der Waals surface area contributed by atoms with Crippen LogP contribution in [0.15, 0.2) is 66.8 Å². The number of benzene rings is 2. The number of carbonyl (C=O) groups is 2. The van der Waals surface area contributed by atoms with Crippen LogP contribution in [0.1, 0.15) is 50.8 Å². The standard InChI is InChI=1S/C30H35N3O6/c1-4-18-39-24-13-10-22(19-25(24)38-6-3)27-26(28(34)21-8-11-23(12-9-21)37-5-2)29(35)30(36)33(27)16-7-15-32-17-14-31-20-32/h8-14,17,19-20,27,34H,4-7,15-16,18H2,1-3H3. The molecule has 0 bridgehead atoms. The van der Waals surface area contributed by atoms with Crippen molar-refractivity contribution in [1.82, 2.24) is 14.5 Å². The van der Waals surface area contributed by atoms with E-state index in [9.17, 15) is 14.7 Å². The fourth-order valence-corrected chi connectivity index (χ4v) is 4.63. The summed E-state index contributed by atoms with van der Waals surface area (Å²) in [7, 11) is 0. The number of ketones is 1. The molecule has 1 atom stereocenters. The lowest BCUT2D eigenvalue weighted by Gasteiger charge is -2.26. The quantitative estimate of drug-likeness (QED) is 0.188. The van der Waals surface area contributed by atoms with Crippen molar-refractivity contribution in [1.29, 1.82) is 0 Å². The van der Waals surface area contributed by atoms with Gasteiger partial charge >= 0.3 is 0 Å². The molecule has 0 spiro atoms. The van der Waals surface area contributed by atoms with Gasteiger partial charge in [0.2, 0.25) is 0 Å². The third kappa shape index (κ3) is 6.25. The average molecular weight is 534 g/mol. The molecule has 1 aliphatic rings. The first-order chi connectivity index (χ1) is 19.0. The van der Waals surface area contributed by atoms with Gasteiger partial charge in [-0.15, -0.1) is 0 Å². The molecule has 0 aliphatic carbocycles. The lowest BCUT2D eigenvalue weighted by molar-refractivity contribution is -0.139. The average Bonchev–Trinajstić information content (AvgIpc) is 3.55. The number of aliphatic hydroxyl groups is 1. The van der Waals surface area contributed by atoms with E-state index in [2.05, 4.69) is 4.98 Å². The Morgan fingerprint density at radius 3 is 2.38 bits per heavy atom. The summed E-state index contributed by atoms with van der Waals surface area (Å²) in [6.07, 6.45) is 6.69. The van der Waals surface area contributed by atoms with E-state index in [0.29, 0.717) is 67.7 Å². The van der Waals surface area contributed by atoms with Gasteiger partial charge < -0.3 is 28.8 Å². The molecule has 39 heavy (non-hydrogen) atoms. The molecule has 1 N–H and O–H groups in total. The molecule has 9 heteroatoms. The lowest BCUT2D eigenvalue weighted by atomic mass is 9.95. The van der Waals surface area contributed by atoms with E-state index >= 15 is 0 Å². The van der Waals surface area contributed by atoms with Gasteiger partial charge in [-0.3, -0.25) is 9.59 Å². The first-order valence-electron chi connectivity index (χ1n) is 13.3. The number of hydrogen-bond donors (Lipinski definition) is 1. The van der Waals surface area contributed by atoms with Gasteiger partial charge in [0.15, 0.2) is 11.5 Å². The van der Waals surface area contributed by atoms with Crippen LogP contribution in [-0.2, 0) is 16.1 Å². The smallest absolute Gasteiger partial charge is 0.295 e. The summed E-state index contributed by atoms with van der Waals surface area (Å²) >= 11 is 0. The number of aromatic nitrogens is 2. The number of hydrogen-bond acceptors (Lipinski definition) is 7. The molecule has 0 radical (unpaired) electrons. The Kier molecular flexibility index (Phi) is 9.25. The Morgan fingerprint density at radius 1 is 0.949 bits per heavy atom. The molecule has 1 amide bonds. The Bertz CT molecular complexity index is 1300. The van der Waals surface area contributed by atoms with Gasteiger partial charge in [-0.25, -0.2) is 4.98 Å². The first-order valence-corrected chi connectivity index (χ1v) is 13.3. The number of imidazole rings is 1. The summed E-state index contributed by atoms with van der Waals surface area (Å²) in [6, 6.07) is 11.4. The Hall–Kier alpha value is -4.27. The molecule has 1 fully saturated rings. The van der Waals surface area contributed by atoms with Crippen LogP contribution in [0, 0.1) is 0 Å². The topological polar surface area (TPSA) is 103 Å². The lowest BCUT2D eigenvalue weighted by Crippen LogP contribution is -2.31. The van der Waals surface area contributed by atoms with Crippen molar-refractivity contribution in [3.8, 4) is 17.2 Å². The highest BCUT2D eigenvalue weighted by molar-refractivity contribution is 6.46. The minimum absolute atomic E-state index is 0.0384. The van der Waals surface area contributed by atoms with Crippen LogP contribution >= 0.6 is 0 Å². The molecule has 1 unspecified atom stereocenters. The maximum absolute atomic E-state index is 13.4. The van der Waals surface area contributed by atoms with E-state index in [0.717, 1.165) is 6.42 Å². The first kappa shape index (κ1) is 27.8. The molecule has 1 aliphatic heterocycles. The minimum atomic E-state index is -0.793. The van der Waals surface area contributed by atoms with Crippen molar-refractivity contribution < 1.29 is 28.9 Å². The maximum atomic E-state index is 13.4. The van der Waals surface area contributed by atoms with Crippen LogP contribution in [0.25, 0.3) is 5.76 Å². The molecular weight excluding hydrogens is 498 g/mol. The summed E-state index contributed by atoms with van der Waals surface area (Å²) < 4.78 is 19.1.